The van der Waals surface area contributed by atoms with E-state index in [0.717, 1.165) is 23.0 Å². The number of nitrogens with zero attached hydrogens (tertiary/aromatic N) is 2. The molecule has 0 unspecified atom stereocenters. The summed E-state index contributed by atoms with van der Waals surface area (Å²) in [6.45, 7) is 3.44. The Labute approximate surface area is 204 Å². The Morgan fingerprint density at radius 3 is 2.82 bits per heavy atom. The predicted molar refractivity (Wildman–Crippen MR) is 135 cm³/mol. The van der Waals surface area contributed by atoms with Crippen molar-refractivity contribution in [1.82, 2.24) is 9.88 Å². The summed E-state index contributed by atoms with van der Waals surface area (Å²) in [5.74, 6) is 1.54. The first-order valence-electron chi connectivity index (χ1n) is 12.9. The highest BCUT2D eigenvalue weighted by atomic mass is 16.5. The van der Waals surface area contributed by atoms with Crippen LogP contribution < -0.4 is 10.1 Å². The lowest BCUT2D eigenvalue weighted by Crippen LogP contribution is -2.52. The van der Waals surface area contributed by atoms with Crippen LogP contribution in [0.1, 0.15) is 49.7 Å². The third-order valence-corrected chi connectivity index (χ3v) is 8.27. The first kappa shape index (κ1) is 23.6. The second-order valence-electron chi connectivity index (χ2n) is 10.2. The number of benzene rings is 1. The van der Waals surface area contributed by atoms with Crippen molar-refractivity contribution in [2.45, 2.75) is 56.4 Å². The Hall–Kier alpha value is -2.15. The molecule has 1 aromatic heterocycles. The SMILES string of the molecule is COCCOCCOc1cncc(Nc2ccc3c(c2)[C@@]24CCCC[C@H]2[C@@H](C3)N(C)CCC4)c1. The fraction of sp³-hybridized carbons (Fsp3) is 0.607. The molecule has 2 aliphatic carbocycles. The Balaban J connectivity index is 1.31. The highest BCUT2D eigenvalue weighted by molar-refractivity contribution is 5.63. The van der Waals surface area contributed by atoms with E-state index in [2.05, 4.69) is 40.4 Å². The standard InChI is InChI=1S/C28H39N3O3/c1-31-11-5-10-28-9-4-3-6-25(28)27(31)16-21-7-8-22(18-26(21)28)30-23-17-24(20-29-19-23)34-15-14-33-13-12-32-2/h7-8,17-20,25,27,30H,3-6,9-16H2,1-2H3/t25-,27+,28+/m0/s1. The molecule has 5 rings (SSSR count). The van der Waals surface area contributed by atoms with Gasteiger partial charge in [-0.25, -0.2) is 0 Å². The number of methoxy groups -OCH3 is 1. The minimum atomic E-state index is 0.352. The minimum absolute atomic E-state index is 0.352. The maximum Gasteiger partial charge on any atom is 0.139 e. The number of fused-ring (bicyclic) bond motifs is 1. The quantitative estimate of drug-likeness (QED) is 0.529. The summed E-state index contributed by atoms with van der Waals surface area (Å²) < 4.78 is 16.3. The van der Waals surface area contributed by atoms with E-state index in [1.165, 1.54) is 51.5 Å². The molecule has 0 spiro atoms. The third kappa shape index (κ3) is 4.81. The molecule has 0 amide bonds. The number of pyridine rings is 1. The normalized spacial score (nSPS) is 26.3. The molecule has 0 radical (unpaired) electrons. The van der Waals surface area contributed by atoms with Crippen molar-refractivity contribution in [3.8, 4) is 5.75 Å². The second-order valence-corrected chi connectivity index (χ2v) is 10.2. The fourth-order valence-electron chi connectivity index (χ4n) is 6.74. The molecule has 2 heterocycles. The van der Waals surface area contributed by atoms with Gasteiger partial charge in [-0.3, -0.25) is 4.98 Å². The first-order chi connectivity index (χ1) is 16.7. The number of aromatic nitrogens is 1. The van der Waals surface area contributed by atoms with Gasteiger partial charge in [-0.15, -0.1) is 0 Å². The number of rotatable bonds is 9. The van der Waals surface area contributed by atoms with E-state index in [1.807, 2.05) is 12.3 Å². The van der Waals surface area contributed by atoms with E-state index in [-0.39, 0.29) is 0 Å². The van der Waals surface area contributed by atoms with Crippen LogP contribution in [0.4, 0.5) is 11.4 Å². The largest absolute Gasteiger partial charge is 0.489 e. The molecule has 1 N–H and O–H groups in total. The summed E-state index contributed by atoms with van der Waals surface area (Å²) in [5, 5.41) is 3.60. The monoisotopic (exact) mass is 465 g/mol. The van der Waals surface area contributed by atoms with Gasteiger partial charge in [-0.2, -0.15) is 0 Å². The van der Waals surface area contributed by atoms with Crippen LogP contribution in [0.5, 0.6) is 5.75 Å². The van der Waals surface area contributed by atoms with Crippen LogP contribution >= 0.6 is 0 Å². The van der Waals surface area contributed by atoms with E-state index in [9.17, 15) is 0 Å². The number of likely N-dealkylation sites (N-methyl/N-ethyl adjacent to an activating group) is 1. The van der Waals surface area contributed by atoms with Crippen molar-refractivity contribution in [3.63, 3.8) is 0 Å². The topological polar surface area (TPSA) is 55.9 Å². The van der Waals surface area contributed by atoms with Gasteiger partial charge in [0.15, 0.2) is 0 Å². The van der Waals surface area contributed by atoms with Gasteiger partial charge in [0.1, 0.15) is 12.4 Å². The summed E-state index contributed by atoms with van der Waals surface area (Å²) in [6, 6.07) is 9.78. The number of ether oxygens (including phenoxy) is 3. The number of nitrogens with one attached hydrogen (secondary N) is 1. The summed E-state index contributed by atoms with van der Waals surface area (Å²) in [4.78, 5) is 7.04. The lowest BCUT2D eigenvalue weighted by molar-refractivity contribution is 0.0544. The van der Waals surface area contributed by atoms with Crippen LogP contribution in [-0.4, -0.2) is 63.1 Å². The fourth-order valence-corrected chi connectivity index (χ4v) is 6.74. The summed E-state index contributed by atoms with van der Waals surface area (Å²) >= 11 is 0. The van der Waals surface area contributed by atoms with Gasteiger partial charge in [0.25, 0.3) is 0 Å². The maximum absolute atomic E-state index is 5.83. The Bertz CT molecular complexity index is 968. The molecular weight excluding hydrogens is 426 g/mol. The van der Waals surface area contributed by atoms with Gasteiger partial charge >= 0.3 is 0 Å². The van der Waals surface area contributed by atoms with Gasteiger partial charge < -0.3 is 24.4 Å². The molecule has 184 valence electrons. The molecule has 1 aliphatic heterocycles. The van der Waals surface area contributed by atoms with Crippen LogP contribution in [-0.2, 0) is 21.3 Å². The molecule has 1 aromatic carbocycles. The average Bonchev–Trinajstić information content (AvgIpc) is 2.96. The zero-order valence-corrected chi connectivity index (χ0v) is 20.7. The molecule has 34 heavy (non-hydrogen) atoms. The van der Waals surface area contributed by atoms with Gasteiger partial charge in [0.2, 0.25) is 0 Å². The molecule has 6 heteroatoms. The zero-order chi connectivity index (χ0) is 23.4. The molecule has 6 nitrogen and oxygen atoms in total. The average molecular weight is 466 g/mol. The number of likely N-dealkylation sites (tertiary alicyclic amines) is 1. The van der Waals surface area contributed by atoms with Crippen LogP contribution in [0.25, 0.3) is 0 Å². The van der Waals surface area contributed by atoms with Crippen LogP contribution in [0.15, 0.2) is 36.7 Å². The lowest BCUT2D eigenvalue weighted by Gasteiger charge is -2.52. The molecule has 1 saturated carbocycles. The lowest BCUT2D eigenvalue weighted by atomic mass is 9.54. The maximum atomic E-state index is 5.83. The molecule has 2 bridgehead atoms. The summed E-state index contributed by atoms with van der Waals surface area (Å²) in [5.41, 5.74) is 5.62. The molecule has 1 saturated heterocycles. The predicted octanol–water partition coefficient (Wildman–Crippen LogP) is 4.95. The van der Waals surface area contributed by atoms with Crippen molar-refractivity contribution in [2.75, 3.05) is 52.4 Å². The van der Waals surface area contributed by atoms with E-state index in [4.69, 9.17) is 14.2 Å². The van der Waals surface area contributed by atoms with Gasteiger partial charge in [-0.05, 0) is 74.9 Å². The van der Waals surface area contributed by atoms with Crippen LogP contribution in [0.3, 0.4) is 0 Å². The summed E-state index contributed by atoms with van der Waals surface area (Å²) in [6.07, 6.45) is 12.9. The third-order valence-electron chi connectivity index (χ3n) is 8.27. The van der Waals surface area contributed by atoms with Gasteiger partial charge in [-0.1, -0.05) is 18.9 Å². The number of hydrogen-bond donors (Lipinski definition) is 1. The molecule has 2 fully saturated rings. The number of anilines is 2. The molecule has 2 aromatic rings. The van der Waals surface area contributed by atoms with E-state index < -0.39 is 0 Å². The number of hydrogen-bond acceptors (Lipinski definition) is 6. The Morgan fingerprint density at radius 2 is 1.91 bits per heavy atom. The van der Waals surface area contributed by atoms with Gasteiger partial charge in [0, 0.05) is 30.3 Å². The van der Waals surface area contributed by atoms with E-state index in [0.29, 0.717) is 37.9 Å². The first-order valence-corrected chi connectivity index (χ1v) is 12.9. The molecule has 3 atom stereocenters. The Morgan fingerprint density at radius 1 is 1.03 bits per heavy atom. The van der Waals surface area contributed by atoms with Crippen molar-refractivity contribution in [3.05, 3.63) is 47.8 Å². The molecular formula is C28H39N3O3. The zero-order valence-electron chi connectivity index (χ0n) is 20.7. The van der Waals surface area contributed by atoms with Crippen LogP contribution in [0, 0.1) is 5.92 Å². The van der Waals surface area contributed by atoms with Crippen LogP contribution in [0.2, 0.25) is 0 Å². The van der Waals surface area contributed by atoms with Crippen molar-refractivity contribution in [1.29, 1.82) is 0 Å². The highest BCUT2D eigenvalue weighted by Gasteiger charge is 2.51. The van der Waals surface area contributed by atoms with Gasteiger partial charge in [0.05, 0.1) is 37.9 Å². The van der Waals surface area contributed by atoms with Crippen molar-refractivity contribution in [2.24, 2.45) is 5.92 Å². The highest BCUT2D eigenvalue weighted by Crippen LogP contribution is 2.55. The van der Waals surface area contributed by atoms with Crippen molar-refractivity contribution < 1.29 is 14.2 Å². The second kappa shape index (κ2) is 10.6. The van der Waals surface area contributed by atoms with E-state index >= 15 is 0 Å². The minimum Gasteiger partial charge on any atom is -0.489 e. The summed E-state index contributed by atoms with van der Waals surface area (Å²) in [7, 11) is 4.02. The van der Waals surface area contributed by atoms with Crippen molar-refractivity contribution >= 4 is 11.4 Å². The molecule has 3 aliphatic rings. The Kier molecular flexibility index (Phi) is 7.37. The van der Waals surface area contributed by atoms with E-state index in [1.54, 1.807) is 24.4 Å². The smallest absolute Gasteiger partial charge is 0.139 e.